The van der Waals surface area contributed by atoms with Gasteiger partial charge in [-0.2, -0.15) is 0 Å². The van der Waals surface area contributed by atoms with Crippen LogP contribution in [0.1, 0.15) is 0 Å². The summed E-state index contributed by atoms with van der Waals surface area (Å²) in [6.45, 7) is 0. The highest BCUT2D eigenvalue weighted by molar-refractivity contribution is 9.10. The molecule has 0 aliphatic rings. The number of rotatable bonds is 4. The van der Waals surface area contributed by atoms with Crippen molar-refractivity contribution in [2.75, 3.05) is 0 Å². The van der Waals surface area contributed by atoms with E-state index >= 15 is 0 Å². The molecule has 21 heavy (non-hydrogen) atoms. The van der Waals surface area contributed by atoms with Gasteiger partial charge in [0.05, 0.1) is 9.79 Å². The van der Waals surface area contributed by atoms with Crippen LogP contribution in [0.5, 0.6) is 0 Å². The van der Waals surface area contributed by atoms with Crippen molar-refractivity contribution in [3.8, 4) is 0 Å². The second-order valence-corrected chi connectivity index (χ2v) is 9.45. The fourth-order valence-electron chi connectivity index (χ4n) is 1.47. The SMILES string of the molecule is O=S(=O)(NS(=O)(=O)c1ccc(Br)cc1)c1ccc(Br)cc1. The lowest BCUT2D eigenvalue weighted by Crippen LogP contribution is -2.30. The van der Waals surface area contributed by atoms with Crippen LogP contribution in [-0.4, -0.2) is 16.8 Å². The van der Waals surface area contributed by atoms with Crippen LogP contribution in [0.25, 0.3) is 0 Å². The van der Waals surface area contributed by atoms with Crippen molar-refractivity contribution >= 4 is 51.9 Å². The predicted octanol–water partition coefficient (Wildman–Crippen LogP) is 2.88. The first kappa shape index (κ1) is 16.6. The molecule has 0 heterocycles. The van der Waals surface area contributed by atoms with Gasteiger partial charge < -0.3 is 0 Å². The molecular formula is C12H9Br2NO4S2. The molecule has 0 aromatic heterocycles. The molecule has 0 unspecified atom stereocenters. The van der Waals surface area contributed by atoms with Crippen LogP contribution in [-0.2, 0) is 20.0 Å². The van der Waals surface area contributed by atoms with Crippen LogP contribution in [0.2, 0.25) is 0 Å². The van der Waals surface area contributed by atoms with Crippen molar-refractivity contribution in [2.24, 2.45) is 0 Å². The lowest BCUT2D eigenvalue weighted by atomic mass is 10.4. The maximum Gasteiger partial charge on any atom is 0.253 e. The molecule has 0 amide bonds. The van der Waals surface area contributed by atoms with Crippen LogP contribution < -0.4 is 4.13 Å². The summed E-state index contributed by atoms with van der Waals surface area (Å²) in [6.07, 6.45) is 0. The fourth-order valence-corrected chi connectivity index (χ4v) is 4.91. The first-order chi connectivity index (χ1) is 9.71. The van der Waals surface area contributed by atoms with Gasteiger partial charge in [-0.25, -0.2) is 16.8 Å². The zero-order valence-corrected chi connectivity index (χ0v) is 15.1. The zero-order chi connectivity index (χ0) is 15.7. The Hall–Kier alpha value is -0.740. The molecule has 0 spiro atoms. The monoisotopic (exact) mass is 453 g/mol. The van der Waals surface area contributed by atoms with Crippen molar-refractivity contribution < 1.29 is 16.8 Å². The maximum absolute atomic E-state index is 12.1. The van der Waals surface area contributed by atoms with Gasteiger partial charge in [0, 0.05) is 8.95 Å². The van der Waals surface area contributed by atoms with Gasteiger partial charge in [0.25, 0.3) is 20.0 Å². The topological polar surface area (TPSA) is 80.3 Å². The van der Waals surface area contributed by atoms with Gasteiger partial charge in [0.1, 0.15) is 0 Å². The second-order valence-electron chi connectivity index (χ2n) is 4.00. The molecule has 0 saturated carbocycles. The Morgan fingerprint density at radius 2 is 0.905 bits per heavy atom. The van der Waals surface area contributed by atoms with Gasteiger partial charge in [-0.1, -0.05) is 31.9 Å². The molecule has 0 aliphatic carbocycles. The molecule has 0 saturated heterocycles. The molecule has 112 valence electrons. The minimum atomic E-state index is -4.16. The predicted molar refractivity (Wildman–Crippen MR) is 85.8 cm³/mol. The molecular weight excluding hydrogens is 446 g/mol. The molecule has 1 N–H and O–H groups in total. The Labute approximate surface area is 139 Å². The third kappa shape index (κ3) is 4.13. The van der Waals surface area contributed by atoms with Crippen molar-refractivity contribution in [2.45, 2.75) is 9.79 Å². The van der Waals surface area contributed by atoms with E-state index in [-0.39, 0.29) is 9.79 Å². The summed E-state index contributed by atoms with van der Waals surface area (Å²) in [5.41, 5.74) is 0. The molecule has 0 atom stereocenters. The standard InChI is InChI=1S/C12H9Br2NO4S2/c13-9-1-5-11(6-2-9)20(16,17)15-21(18,19)12-7-3-10(14)4-8-12/h1-8,15H. The van der Waals surface area contributed by atoms with Crippen LogP contribution in [0, 0.1) is 0 Å². The number of hydrogen-bond donors (Lipinski definition) is 1. The third-order valence-electron chi connectivity index (χ3n) is 2.47. The Morgan fingerprint density at radius 3 is 1.19 bits per heavy atom. The van der Waals surface area contributed by atoms with Crippen molar-refractivity contribution in [3.05, 3.63) is 57.5 Å². The van der Waals surface area contributed by atoms with E-state index in [0.717, 1.165) is 0 Å². The van der Waals surface area contributed by atoms with Gasteiger partial charge in [0.15, 0.2) is 0 Å². The lowest BCUT2D eigenvalue weighted by molar-refractivity contribution is 0.577. The van der Waals surface area contributed by atoms with E-state index in [0.29, 0.717) is 8.95 Å². The zero-order valence-electron chi connectivity index (χ0n) is 10.3. The largest absolute Gasteiger partial charge is 0.253 e. The highest BCUT2D eigenvalue weighted by Gasteiger charge is 2.24. The molecule has 9 heteroatoms. The first-order valence-corrected chi connectivity index (χ1v) is 10.1. The van der Waals surface area contributed by atoms with E-state index < -0.39 is 20.0 Å². The van der Waals surface area contributed by atoms with Crippen LogP contribution in [0.4, 0.5) is 0 Å². The van der Waals surface area contributed by atoms with E-state index in [1.807, 2.05) is 0 Å². The summed E-state index contributed by atoms with van der Waals surface area (Å²) in [4.78, 5) is -0.266. The summed E-state index contributed by atoms with van der Waals surface area (Å²) in [6, 6.07) is 11.3. The third-order valence-corrected chi connectivity index (χ3v) is 7.07. The Balaban J connectivity index is 2.35. The Morgan fingerprint density at radius 1 is 0.619 bits per heavy atom. The number of nitrogens with one attached hydrogen (secondary N) is 1. The van der Waals surface area contributed by atoms with E-state index in [9.17, 15) is 16.8 Å². The van der Waals surface area contributed by atoms with Gasteiger partial charge in [0.2, 0.25) is 0 Å². The number of benzene rings is 2. The summed E-state index contributed by atoms with van der Waals surface area (Å²) < 4.78 is 51.4. The van der Waals surface area contributed by atoms with E-state index in [1.54, 1.807) is 4.13 Å². The maximum atomic E-state index is 12.1. The molecule has 2 aromatic rings. The number of sulfonamides is 2. The smallest absolute Gasteiger partial charge is 0.206 e. The van der Waals surface area contributed by atoms with Gasteiger partial charge in [-0.15, -0.1) is 4.13 Å². The first-order valence-electron chi connectivity index (χ1n) is 5.50. The number of hydrogen-bond acceptors (Lipinski definition) is 4. The van der Waals surface area contributed by atoms with Gasteiger partial charge >= 0.3 is 0 Å². The fraction of sp³-hybridized carbons (Fsp3) is 0. The average molecular weight is 455 g/mol. The molecule has 2 rings (SSSR count). The number of halogens is 2. The minimum Gasteiger partial charge on any atom is -0.206 e. The van der Waals surface area contributed by atoms with Crippen molar-refractivity contribution in [1.82, 2.24) is 4.13 Å². The van der Waals surface area contributed by atoms with Gasteiger partial charge in [-0.05, 0) is 48.5 Å². The lowest BCUT2D eigenvalue weighted by Gasteiger charge is -2.08. The molecule has 2 aromatic carbocycles. The van der Waals surface area contributed by atoms with E-state index in [2.05, 4.69) is 31.9 Å². The minimum absolute atomic E-state index is 0.133. The Kier molecular flexibility index (Phi) is 4.89. The normalized spacial score (nSPS) is 12.3. The van der Waals surface area contributed by atoms with Crippen LogP contribution in [0.3, 0.4) is 0 Å². The molecule has 0 bridgehead atoms. The summed E-state index contributed by atoms with van der Waals surface area (Å²) >= 11 is 6.36. The summed E-state index contributed by atoms with van der Waals surface area (Å²) in [5.74, 6) is 0. The Bertz CT molecular complexity index is 772. The van der Waals surface area contributed by atoms with Gasteiger partial charge in [-0.3, -0.25) is 0 Å². The van der Waals surface area contributed by atoms with Crippen LogP contribution >= 0.6 is 31.9 Å². The highest BCUT2D eigenvalue weighted by Crippen LogP contribution is 2.18. The van der Waals surface area contributed by atoms with Crippen molar-refractivity contribution in [3.63, 3.8) is 0 Å². The van der Waals surface area contributed by atoms with E-state index in [4.69, 9.17) is 0 Å². The molecule has 5 nitrogen and oxygen atoms in total. The van der Waals surface area contributed by atoms with Crippen LogP contribution in [0.15, 0.2) is 67.3 Å². The summed E-state index contributed by atoms with van der Waals surface area (Å²) in [7, 11) is -8.33. The molecule has 0 fully saturated rings. The summed E-state index contributed by atoms with van der Waals surface area (Å²) in [5, 5.41) is 0. The molecule has 0 radical (unpaired) electrons. The highest BCUT2D eigenvalue weighted by atomic mass is 79.9. The molecule has 0 aliphatic heterocycles. The quantitative estimate of drug-likeness (QED) is 0.770. The van der Waals surface area contributed by atoms with E-state index in [1.165, 1.54) is 48.5 Å². The average Bonchev–Trinajstić information content (AvgIpc) is 2.38. The van der Waals surface area contributed by atoms with Crippen molar-refractivity contribution in [1.29, 1.82) is 0 Å². The second kappa shape index (κ2) is 6.17.